The van der Waals surface area contributed by atoms with Gasteiger partial charge >= 0.3 is 0 Å². The van der Waals surface area contributed by atoms with Crippen LogP contribution in [0.2, 0.25) is 0 Å². The Kier molecular flexibility index (Phi) is 5.32. The van der Waals surface area contributed by atoms with Crippen LogP contribution in [-0.2, 0) is 0 Å². The van der Waals surface area contributed by atoms with Crippen LogP contribution in [0.1, 0.15) is 48.5 Å². The van der Waals surface area contributed by atoms with Gasteiger partial charge in [0.1, 0.15) is 5.71 Å². The first-order valence-corrected chi connectivity index (χ1v) is 8.52. The number of nitrogens with zero attached hydrogens (tertiary/aromatic N) is 2. The molecular weight excluding hydrogens is 296 g/mol. The molecular formula is C21H22N2O. The Balaban J connectivity index is 1.92. The van der Waals surface area contributed by atoms with Gasteiger partial charge < -0.3 is 0 Å². The van der Waals surface area contributed by atoms with Crippen molar-refractivity contribution in [2.45, 2.75) is 32.6 Å². The second-order valence-corrected chi connectivity index (χ2v) is 6.36. The summed E-state index contributed by atoms with van der Waals surface area (Å²) >= 11 is 0. The van der Waals surface area contributed by atoms with E-state index in [1.807, 2.05) is 60.7 Å². The van der Waals surface area contributed by atoms with E-state index in [4.69, 9.17) is 0 Å². The fourth-order valence-corrected chi connectivity index (χ4v) is 2.87. The van der Waals surface area contributed by atoms with Gasteiger partial charge in [0.05, 0.1) is 0 Å². The van der Waals surface area contributed by atoms with E-state index >= 15 is 0 Å². The summed E-state index contributed by atoms with van der Waals surface area (Å²) in [4.78, 5) is 12.9. The lowest BCUT2D eigenvalue weighted by Gasteiger charge is -2.18. The Morgan fingerprint density at radius 1 is 0.875 bits per heavy atom. The average molecular weight is 318 g/mol. The highest BCUT2D eigenvalue weighted by molar-refractivity contribution is 6.51. The standard InChI is InChI=1S/C21H22N2O/c1-16-12-14-19(15-13-16)22-23-20(17-8-4-2-5-9-17)21(24)18-10-6-3-7-11-18/h2-11,16H,12-15H2,1H3/b22-19?,23-20-. The van der Waals surface area contributed by atoms with E-state index < -0.39 is 0 Å². The third kappa shape index (κ3) is 4.05. The highest BCUT2D eigenvalue weighted by Gasteiger charge is 2.17. The molecule has 0 N–H and O–H groups in total. The number of carbonyl (C=O) groups excluding carboxylic acids is 1. The van der Waals surface area contributed by atoms with E-state index in [1.54, 1.807) is 0 Å². The molecule has 0 bridgehead atoms. The predicted octanol–water partition coefficient (Wildman–Crippen LogP) is 4.92. The molecule has 0 radical (unpaired) electrons. The van der Waals surface area contributed by atoms with Gasteiger partial charge in [-0.05, 0) is 31.6 Å². The quantitative estimate of drug-likeness (QED) is 0.448. The first kappa shape index (κ1) is 16.3. The minimum atomic E-state index is -0.0877. The second kappa shape index (κ2) is 7.82. The molecule has 1 aliphatic rings. The fraction of sp³-hybridized carbons (Fsp3) is 0.286. The van der Waals surface area contributed by atoms with Gasteiger partial charge in [-0.2, -0.15) is 5.10 Å². The summed E-state index contributed by atoms with van der Waals surface area (Å²) in [6.07, 6.45) is 4.27. The van der Waals surface area contributed by atoms with Crippen LogP contribution in [0.25, 0.3) is 0 Å². The van der Waals surface area contributed by atoms with Crippen molar-refractivity contribution in [1.82, 2.24) is 0 Å². The van der Waals surface area contributed by atoms with Gasteiger partial charge in [-0.1, -0.05) is 67.6 Å². The van der Waals surface area contributed by atoms with Crippen molar-refractivity contribution in [1.29, 1.82) is 0 Å². The first-order chi connectivity index (χ1) is 11.7. The van der Waals surface area contributed by atoms with Crippen molar-refractivity contribution in [3.05, 3.63) is 71.8 Å². The fourth-order valence-electron chi connectivity index (χ4n) is 2.87. The summed E-state index contributed by atoms with van der Waals surface area (Å²) < 4.78 is 0. The van der Waals surface area contributed by atoms with Crippen LogP contribution in [0.5, 0.6) is 0 Å². The Hall–Kier alpha value is -2.55. The molecule has 0 amide bonds. The van der Waals surface area contributed by atoms with Crippen LogP contribution in [-0.4, -0.2) is 17.2 Å². The maximum absolute atomic E-state index is 12.9. The Morgan fingerprint density at radius 3 is 2.00 bits per heavy atom. The number of hydrogen-bond acceptors (Lipinski definition) is 3. The zero-order valence-electron chi connectivity index (χ0n) is 14.0. The van der Waals surface area contributed by atoms with Crippen LogP contribution in [0, 0.1) is 5.92 Å². The van der Waals surface area contributed by atoms with Crippen molar-refractivity contribution < 1.29 is 4.79 Å². The molecule has 0 heterocycles. The molecule has 0 aromatic heterocycles. The second-order valence-electron chi connectivity index (χ2n) is 6.36. The molecule has 3 nitrogen and oxygen atoms in total. The highest BCUT2D eigenvalue weighted by atomic mass is 16.1. The van der Waals surface area contributed by atoms with Crippen molar-refractivity contribution in [3.63, 3.8) is 0 Å². The Morgan fingerprint density at radius 2 is 1.42 bits per heavy atom. The zero-order valence-corrected chi connectivity index (χ0v) is 14.0. The lowest BCUT2D eigenvalue weighted by atomic mass is 9.90. The molecule has 0 atom stereocenters. The average Bonchev–Trinajstić information content (AvgIpc) is 2.65. The maximum atomic E-state index is 12.9. The highest BCUT2D eigenvalue weighted by Crippen LogP contribution is 2.21. The SMILES string of the molecule is CC1CCC(=N/N=C(\C(=O)c2ccccc2)c2ccccc2)CC1. The molecule has 3 heteroatoms. The summed E-state index contributed by atoms with van der Waals surface area (Å²) in [5, 5.41) is 8.80. The largest absolute Gasteiger partial charge is 0.287 e. The van der Waals surface area contributed by atoms with Gasteiger partial charge in [0, 0.05) is 16.8 Å². The summed E-state index contributed by atoms with van der Waals surface area (Å²) in [6, 6.07) is 18.8. The molecule has 0 saturated heterocycles. The molecule has 0 aliphatic heterocycles. The number of ketones is 1. The molecule has 122 valence electrons. The monoisotopic (exact) mass is 318 g/mol. The van der Waals surface area contributed by atoms with Gasteiger partial charge in [-0.15, -0.1) is 5.10 Å². The molecule has 0 spiro atoms. The lowest BCUT2D eigenvalue weighted by Crippen LogP contribution is -2.16. The number of benzene rings is 2. The van der Waals surface area contributed by atoms with E-state index in [0.29, 0.717) is 11.3 Å². The van der Waals surface area contributed by atoms with Gasteiger partial charge in [0.25, 0.3) is 0 Å². The number of Topliss-reactive ketones (excluding diaryl/α,β-unsaturated/α-hetero) is 1. The van der Waals surface area contributed by atoms with Gasteiger partial charge in [-0.3, -0.25) is 4.79 Å². The van der Waals surface area contributed by atoms with Crippen LogP contribution in [0.15, 0.2) is 70.9 Å². The molecule has 1 saturated carbocycles. The smallest absolute Gasteiger partial charge is 0.213 e. The summed E-state index contributed by atoms with van der Waals surface area (Å²) in [6.45, 7) is 2.27. The number of carbonyl (C=O) groups is 1. The van der Waals surface area contributed by atoms with Crippen LogP contribution < -0.4 is 0 Å². The number of rotatable bonds is 4. The van der Waals surface area contributed by atoms with Crippen LogP contribution >= 0.6 is 0 Å². The Bertz CT molecular complexity index is 738. The van der Waals surface area contributed by atoms with E-state index in [-0.39, 0.29) is 5.78 Å². The molecule has 24 heavy (non-hydrogen) atoms. The normalized spacial score (nSPS) is 18.3. The third-order valence-corrected chi connectivity index (χ3v) is 4.44. The van der Waals surface area contributed by atoms with Crippen molar-refractivity contribution in [2.24, 2.45) is 16.1 Å². The summed E-state index contributed by atoms with van der Waals surface area (Å²) in [7, 11) is 0. The molecule has 3 rings (SSSR count). The van der Waals surface area contributed by atoms with Gasteiger partial charge in [0.2, 0.25) is 5.78 Å². The minimum absolute atomic E-state index is 0.0877. The third-order valence-electron chi connectivity index (χ3n) is 4.44. The van der Waals surface area contributed by atoms with E-state index in [9.17, 15) is 4.79 Å². The van der Waals surface area contributed by atoms with Crippen LogP contribution in [0.3, 0.4) is 0 Å². The van der Waals surface area contributed by atoms with E-state index in [2.05, 4.69) is 17.1 Å². The van der Waals surface area contributed by atoms with E-state index in [0.717, 1.165) is 42.9 Å². The topological polar surface area (TPSA) is 41.8 Å². The molecule has 0 unspecified atom stereocenters. The molecule has 2 aromatic carbocycles. The lowest BCUT2D eigenvalue weighted by molar-refractivity contribution is 0.106. The zero-order chi connectivity index (χ0) is 16.8. The van der Waals surface area contributed by atoms with E-state index in [1.165, 1.54) is 0 Å². The Labute approximate surface area is 143 Å². The predicted molar refractivity (Wildman–Crippen MR) is 98.8 cm³/mol. The summed E-state index contributed by atoms with van der Waals surface area (Å²) in [5.41, 5.74) is 2.95. The van der Waals surface area contributed by atoms with Crippen LogP contribution in [0.4, 0.5) is 0 Å². The van der Waals surface area contributed by atoms with Crippen molar-refractivity contribution >= 4 is 17.2 Å². The minimum Gasteiger partial charge on any atom is -0.287 e. The molecule has 1 aliphatic carbocycles. The molecule has 2 aromatic rings. The van der Waals surface area contributed by atoms with Crippen molar-refractivity contribution in [2.75, 3.05) is 0 Å². The molecule has 1 fully saturated rings. The first-order valence-electron chi connectivity index (χ1n) is 8.52. The summed E-state index contributed by atoms with van der Waals surface area (Å²) in [5.74, 6) is 0.669. The maximum Gasteiger partial charge on any atom is 0.213 e. The van der Waals surface area contributed by atoms with Gasteiger partial charge in [-0.25, -0.2) is 0 Å². The van der Waals surface area contributed by atoms with Gasteiger partial charge in [0.15, 0.2) is 0 Å². The number of hydrogen-bond donors (Lipinski definition) is 0. The van der Waals surface area contributed by atoms with Crippen molar-refractivity contribution in [3.8, 4) is 0 Å².